The molecule has 1 aromatic heterocycles. The first-order chi connectivity index (χ1) is 16.5. The van der Waals surface area contributed by atoms with E-state index in [2.05, 4.69) is 10.6 Å². The lowest BCUT2D eigenvalue weighted by atomic mass is 10.1. The molecule has 0 bridgehead atoms. The van der Waals surface area contributed by atoms with Gasteiger partial charge in [0, 0.05) is 23.8 Å². The van der Waals surface area contributed by atoms with Gasteiger partial charge in [-0.15, -0.1) is 0 Å². The largest absolute Gasteiger partial charge is 0.468 e. The fourth-order valence-electron chi connectivity index (χ4n) is 3.52. The number of carbonyl (C=O) groups is 3. The number of carbonyl (C=O) groups excluding carboxylic acids is 3. The highest BCUT2D eigenvalue weighted by Gasteiger charge is 2.23. The van der Waals surface area contributed by atoms with Crippen LogP contribution in [0.2, 0.25) is 0 Å². The molecule has 0 saturated heterocycles. The number of rotatable bonds is 10. The summed E-state index contributed by atoms with van der Waals surface area (Å²) in [5.41, 5.74) is 2.60. The summed E-state index contributed by atoms with van der Waals surface area (Å²) in [5.74, 6) is 0.0612. The molecule has 8 heteroatoms. The Morgan fingerprint density at radius 2 is 1.68 bits per heavy atom. The van der Waals surface area contributed by atoms with E-state index >= 15 is 0 Å². The molecule has 8 nitrogen and oxygen atoms in total. The van der Waals surface area contributed by atoms with Gasteiger partial charge in [-0.05, 0) is 66.9 Å². The summed E-state index contributed by atoms with van der Waals surface area (Å²) in [7, 11) is 1.32. The Morgan fingerprint density at radius 3 is 2.29 bits per heavy atom. The SMILES string of the molecule is COC(=O)c1ccc(NC(=O)CN(Cc2ccc(C(=O)NC3CC3)cc2)Cc2ccco2)cc1. The molecular formula is C26H27N3O5. The lowest BCUT2D eigenvalue weighted by Gasteiger charge is -2.21. The van der Waals surface area contributed by atoms with Crippen molar-refractivity contribution in [2.45, 2.75) is 32.0 Å². The fraction of sp³-hybridized carbons (Fsp3) is 0.269. The number of amides is 2. The third-order valence-electron chi connectivity index (χ3n) is 5.45. The number of furan rings is 1. The predicted molar refractivity (Wildman–Crippen MR) is 126 cm³/mol. The highest BCUT2D eigenvalue weighted by molar-refractivity contribution is 5.95. The van der Waals surface area contributed by atoms with Crippen LogP contribution in [-0.2, 0) is 22.6 Å². The molecule has 1 aliphatic carbocycles. The van der Waals surface area contributed by atoms with Crippen LogP contribution in [0, 0.1) is 0 Å². The molecule has 3 aromatic rings. The zero-order valence-electron chi connectivity index (χ0n) is 19.0. The van der Waals surface area contributed by atoms with Crippen LogP contribution in [0.25, 0.3) is 0 Å². The molecule has 2 aromatic carbocycles. The Balaban J connectivity index is 1.38. The zero-order chi connectivity index (χ0) is 23.9. The number of methoxy groups -OCH3 is 1. The molecule has 2 N–H and O–H groups in total. The van der Waals surface area contributed by atoms with Gasteiger partial charge in [-0.3, -0.25) is 14.5 Å². The van der Waals surface area contributed by atoms with E-state index < -0.39 is 5.97 Å². The maximum Gasteiger partial charge on any atom is 0.337 e. The highest BCUT2D eigenvalue weighted by atomic mass is 16.5. The highest BCUT2D eigenvalue weighted by Crippen LogP contribution is 2.20. The van der Waals surface area contributed by atoms with Gasteiger partial charge in [0.2, 0.25) is 5.91 Å². The van der Waals surface area contributed by atoms with Gasteiger partial charge in [0.05, 0.1) is 32.0 Å². The second-order valence-electron chi connectivity index (χ2n) is 8.29. The van der Waals surface area contributed by atoms with Crippen molar-refractivity contribution in [1.82, 2.24) is 10.2 Å². The van der Waals surface area contributed by atoms with Crippen LogP contribution in [0.4, 0.5) is 5.69 Å². The number of esters is 1. The number of nitrogens with one attached hydrogen (secondary N) is 2. The van der Waals surface area contributed by atoms with Crippen LogP contribution in [0.3, 0.4) is 0 Å². The Kier molecular flexibility index (Phi) is 7.39. The molecule has 2 amide bonds. The molecule has 0 radical (unpaired) electrons. The molecule has 0 spiro atoms. The van der Waals surface area contributed by atoms with Crippen molar-refractivity contribution in [3.8, 4) is 0 Å². The van der Waals surface area contributed by atoms with Gasteiger partial charge in [-0.2, -0.15) is 0 Å². The van der Waals surface area contributed by atoms with Crippen LogP contribution in [0.5, 0.6) is 0 Å². The second-order valence-corrected chi connectivity index (χ2v) is 8.29. The molecular weight excluding hydrogens is 434 g/mol. The summed E-state index contributed by atoms with van der Waals surface area (Å²) < 4.78 is 10.2. The first-order valence-corrected chi connectivity index (χ1v) is 11.1. The lowest BCUT2D eigenvalue weighted by molar-refractivity contribution is -0.117. The van der Waals surface area contributed by atoms with Gasteiger partial charge >= 0.3 is 5.97 Å². The number of ether oxygens (including phenoxy) is 1. The monoisotopic (exact) mass is 461 g/mol. The summed E-state index contributed by atoms with van der Waals surface area (Å²) in [6.45, 7) is 1.08. The smallest absolute Gasteiger partial charge is 0.337 e. The van der Waals surface area contributed by atoms with Crippen molar-refractivity contribution < 1.29 is 23.5 Å². The summed E-state index contributed by atoms with van der Waals surface area (Å²) in [4.78, 5) is 38.5. The van der Waals surface area contributed by atoms with E-state index in [-0.39, 0.29) is 18.4 Å². The summed E-state index contributed by atoms with van der Waals surface area (Å²) in [6.07, 6.45) is 3.69. The van der Waals surface area contributed by atoms with Crippen molar-refractivity contribution in [1.29, 1.82) is 0 Å². The zero-order valence-corrected chi connectivity index (χ0v) is 19.0. The second kappa shape index (κ2) is 10.8. The number of benzene rings is 2. The third kappa shape index (κ3) is 6.55. The number of hydrogen-bond acceptors (Lipinski definition) is 6. The van der Waals surface area contributed by atoms with Gasteiger partial charge in [-0.25, -0.2) is 4.79 Å². The van der Waals surface area contributed by atoms with Gasteiger partial charge in [0.15, 0.2) is 0 Å². The van der Waals surface area contributed by atoms with Crippen LogP contribution < -0.4 is 10.6 Å². The van der Waals surface area contributed by atoms with E-state index in [0.29, 0.717) is 35.9 Å². The maximum atomic E-state index is 12.7. The third-order valence-corrected chi connectivity index (χ3v) is 5.45. The molecule has 1 fully saturated rings. The maximum absolute atomic E-state index is 12.7. The van der Waals surface area contributed by atoms with Crippen molar-refractivity contribution in [2.24, 2.45) is 0 Å². The minimum absolute atomic E-state index is 0.0564. The van der Waals surface area contributed by atoms with Gasteiger partial charge in [0.25, 0.3) is 5.91 Å². The van der Waals surface area contributed by atoms with E-state index in [0.717, 1.165) is 24.2 Å². The first kappa shape index (κ1) is 23.3. The molecule has 0 unspecified atom stereocenters. The number of anilines is 1. The van der Waals surface area contributed by atoms with Crippen molar-refractivity contribution in [3.05, 3.63) is 89.4 Å². The Labute approximate surface area is 197 Å². The van der Waals surface area contributed by atoms with E-state index in [9.17, 15) is 14.4 Å². The quantitative estimate of drug-likeness (QED) is 0.448. The molecule has 0 aliphatic heterocycles. The number of hydrogen-bond donors (Lipinski definition) is 2. The summed E-state index contributed by atoms with van der Waals surface area (Å²) in [5, 5.41) is 5.84. The van der Waals surface area contributed by atoms with Gasteiger partial charge in [-0.1, -0.05) is 12.1 Å². The van der Waals surface area contributed by atoms with E-state index in [1.165, 1.54) is 7.11 Å². The average molecular weight is 462 g/mol. The van der Waals surface area contributed by atoms with E-state index in [4.69, 9.17) is 9.15 Å². The van der Waals surface area contributed by atoms with Crippen molar-refractivity contribution in [3.63, 3.8) is 0 Å². The Hall–Kier alpha value is -3.91. The minimum Gasteiger partial charge on any atom is -0.468 e. The van der Waals surface area contributed by atoms with Gasteiger partial charge < -0.3 is 19.8 Å². The van der Waals surface area contributed by atoms with E-state index in [1.807, 2.05) is 29.2 Å². The average Bonchev–Trinajstić information content (AvgIpc) is 3.51. The topological polar surface area (TPSA) is 101 Å². The first-order valence-electron chi connectivity index (χ1n) is 11.1. The van der Waals surface area contributed by atoms with Crippen molar-refractivity contribution >= 4 is 23.5 Å². The van der Waals surface area contributed by atoms with Crippen LogP contribution in [0.1, 0.15) is 44.9 Å². The summed E-state index contributed by atoms with van der Waals surface area (Å²) in [6, 6.07) is 17.9. The molecule has 1 heterocycles. The standard InChI is InChI=1S/C26H27N3O5/c1-33-26(32)20-8-10-21(11-9-20)27-24(30)17-29(16-23-3-2-14-34-23)15-18-4-6-19(7-5-18)25(31)28-22-12-13-22/h2-11,14,22H,12-13,15-17H2,1H3,(H,27,30)(H,28,31). The molecule has 34 heavy (non-hydrogen) atoms. The summed E-state index contributed by atoms with van der Waals surface area (Å²) >= 11 is 0. The molecule has 1 aliphatic rings. The fourth-order valence-corrected chi connectivity index (χ4v) is 3.52. The van der Waals surface area contributed by atoms with Gasteiger partial charge in [0.1, 0.15) is 5.76 Å². The molecule has 0 atom stereocenters. The number of nitrogens with zero attached hydrogens (tertiary/aromatic N) is 1. The molecule has 1 saturated carbocycles. The predicted octanol–water partition coefficient (Wildman–Crippen LogP) is 3.60. The Bertz CT molecular complexity index is 1120. The van der Waals surface area contributed by atoms with Crippen LogP contribution in [0.15, 0.2) is 71.3 Å². The lowest BCUT2D eigenvalue weighted by Crippen LogP contribution is -2.32. The van der Waals surface area contributed by atoms with Crippen LogP contribution in [-0.4, -0.2) is 42.4 Å². The van der Waals surface area contributed by atoms with E-state index in [1.54, 1.807) is 42.7 Å². The minimum atomic E-state index is -0.432. The Morgan fingerprint density at radius 1 is 0.971 bits per heavy atom. The normalized spacial score (nSPS) is 12.9. The van der Waals surface area contributed by atoms with Crippen LogP contribution >= 0.6 is 0 Å². The molecule has 4 rings (SSSR count). The molecule has 176 valence electrons. The van der Waals surface area contributed by atoms with Crippen molar-refractivity contribution in [2.75, 3.05) is 19.0 Å².